The Morgan fingerprint density at radius 1 is 1.13 bits per heavy atom. The van der Waals surface area contributed by atoms with Crippen molar-refractivity contribution in [2.75, 3.05) is 6.61 Å². The minimum Gasteiger partial charge on any atom is -0.484 e. The maximum Gasteiger partial charge on any atom is 0.277 e. The molecular formula is C17H16Cl2N2O2. The molecule has 0 saturated heterocycles. The van der Waals surface area contributed by atoms with Crippen LogP contribution >= 0.6 is 23.2 Å². The average Bonchev–Trinajstić information content (AvgIpc) is 2.48. The number of amides is 1. The van der Waals surface area contributed by atoms with E-state index in [0.29, 0.717) is 15.8 Å². The lowest BCUT2D eigenvalue weighted by molar-refractivity contribution is -0.123. The van der Waals surface area contributed by atoms with Gasteiger partial charge >= 0.3 is 0 Å². The molecule has 0 aliphatic carbocycles. The predicted molar refractivity (Wildman–Crippen MR) is 93.6 cm³/mol. The molecule has 0 unspecified atom stereocenters. The van der Waals surface area contributed by atoms with Crippen LogP contribution in [0, 0.1) is 13.8 Å². The second-order valence-corrected chi connectivity index (χ2v) is 5.89. The first-order chi connectivity index (χ1) is 10.9. The number of aryl methyl sites for hydroxylation is 2. The number of carbonyl (C=O) groups is 1. The van der Waals surface area contributed by atoms with Crippen LogP contribution in [0.1, 0.15) is 16.7 Å². The summed E-state index contributed by atoms with van der Waals surface area (Å²) in [4.78, 5) is 11.7. The molecule has 0 heterocycles. The number of hydrogen-bond donors (Lipinski definition) is 1. The average molecular weight is 351 g/mol. The Balaban J connectivity index is 1.85. The van der Waals surface area contributed by atoms with Crippen molar-refractivity contribution >= 4 is 35.3 Å². The molecule has 1 N–H and O–H groups in total. The van der Waals surface area contributed by atoms with Crippen LogP contribution in [-0.4, -0.2) is 18.7 Å². The molecule has 23 heavy (non-hydrogen) atoms. The van der Waals surface area contributed by atoms with Crippen molar-refractivity contribution in [3.63, 3.8) is 0 Å². The summed E-state index contributed by atoms with van der Waals surface area (Å²) in [6.07, 6.45) is 1.48. The molecule has 0 aromatic heterocycles. The summed E-state index contributed by atoms with van der Waals surface area (Å²) in [6, 6.07) is 10.9. The summed E-state index contributed by atoms with van der Waals surface area (Å²) in [5.74, 6) is 0.312. The van der Waals surface area contributed by atoms with Crippen molar-refractivity contribution in [2.45, 2.75) is 13.8 Å². The Hall–Kier alpha value is -2.04. The van der Waals surface area contributed by atoms with Gasteiger partial charge in [0, 0.05) is 0 Å². The van der Waals surface area contributed by atoms with Crippen LogP contribution in [0.5, 0.6) is 5.75 Å². The molecule has 4 nitrogen and oxygen atoms in total. The highest BCUT2D eigenvalue weighted by molar-refractivity contribution is 6.42. The van der Waals surface area contributed by atoms with Gasteiger partial charge in [0.05, 0.1) is 16.3 Å². The zero-order valence-corrected chi connectivity index (χ0v) is 14.3. The van der Waals surface area contributed by atoms with Crippen LogP contribution in [0.15, 0.2) is 41.5 Å². The number of ether oxygens (including phenoxy) is 1. The summed E-state index contributed by atoms with van der Waals surface area (Å²) in [5.41, 5.74) is 5.29. The van der Waals surface area contributed by atoms with Crippen LogP contribution in [0.3, 0.4) is 0 Å². The summed E-state index contributed by atoms with van der Waals surface area (Å²) in [5, 5.41) is 4.75. The van der Waals surface area contributed by atoms with Gasteiger partial charge in [-0.2, -0.15) is 5.10 Å². The van der Waals surface area contributed by atoms with Gasteiger partial charge in [-0.05, 0) is 54.8 Å². The van der Waals surface area contributed by atoms with E-state index in [-0.39, 0.29) is 12.5 Å². The minimum atomic E-state index is -0.347. The summed E-state index contributed by atoms with van der Waals surface area (Å²) >= 11 is 11.7. The highest BCUT2D eigenvalue weighted by Gasteiger charge is 2.03. The van der Waals surface area contributed by atoms with E-state index in [2.05, 4.69) is 10.5 Å². The van der Waals surface area contributed by atoms with E-state index in [9.17, 15) is 4.79 Å². The third-order valence-electron chi connectivity index (χ3n) is 2.91. The van der Waals surface area contributed by atoms with Crippen LogP contribution < -0.4 is 10.2 Å². The molecule has 0 aliphatic heterocycles. The molecule has 2 aromatic carbocycles. The summed E-state index contributed by atoms with van der Waals surface area (Å²) in [7, 11) is 0. The third-order valence-corrected chi connectivity index (χ3v) is 3.65. The highest BCUT2D eigenvalue weighted by Crippen LogP contribution is 2.21. The van der Waals surface area contributed by atoms with Gasteiger partial charge < -0.3 is 4.74 Å². The van der Waals surface area contributed by atoms with E-state index in [0.717, 1.165) is 16.7 Å². The monoisotopic (exact) mass is 350 g/mol. The lowest BCUT2D eigenvalue weighted by atomic mass is 10.1. The lowest BCUT2D eigenvalue weighted by Gasteiger charge is -2.07. The van der Waals surface area contributed by atoms with Crippen LogP contribution in [0.25, 0.3) is 0 Å². The van der Waals surface area contributed by atoms with Gasteiger partial charge in [0.2, 0.25) is 0 Å². The highest BCUT2D eigenvalue weighted by atomic mass is 35.5. The van der Waals surface area contributed by atoms with E-state index in [1.165, 1.54) is 6.21 Å². The molecule has 0 bridgehead atoms. The van der Waals surface area contributed by atoms with Crippen LogP contribution in [0.2, 0.25) is 10.0 Å². The van der Waals surface area contributed by atoms with Crippen molar-refractivity contribution in [3.05, 3.63) is 63.1 Å². The third kappa shape index (κ3) is 5.58. The number of nitrogens with one attached hydrogen (secondary N) is 1. The zero-order valence-electron chi connectivity index (χ0n) is 12.8. The largest absolute Gasteiger partial charge is 0.484 e. The summed E-state index contributed by atoms with van der Waals surface area (Å²) < 4.78 is 5.44. The SMILES string of the molecule is Cc1cc(C)cc(OCC(=O)N/N=C/c2ccc(Cl)c(Cl)c2)c1. The molecule has 2 aromatic rings. The molecule has 0 radical (unpaired) electrons. The van der Waals surface area contributed by atoms with Crippen molar-refractivity contribution in [3.8, 4) is 5.75 Å². The van der Waals surface area contributed by atoms with Gasteiger partial charge in [-0.3, -0.25) is 4.79 Å². The van der Waals surface area contributed by atoms with Crippen LogP contribution in [0.4, 0.5) is 0 Å². The van der Waals surface area contributed by atoms with Crippen molar-refractivity contribution in [1.29, 1.82) is 0 Å². The molecule has 1 amide bonds. The Bertz CT molecular complexity index is 725. The van der Waals surface area contributed by atoms with Crippen molar-refractivity contribution in [1.82, 2.24) is 5.43 Å². The molecule has 0 fully saturated rings. The first-order valence-electron chi connectivity index (χ1n) is 6.92. The minimum absolute atomic E-state index is 0.110. The number of benzene rings is 2. The van der Waals surface area contributed by atoms with Crippen LogP contribution in [-0.2, 0) is 4.79 Å². The fourth-order valence-electron chi connectivity index (χ4n) is 1.97. The number of hydrazone groups is 1. The molecule has 6 heteroatoms. The fourth-order valence-corrected chi connectivity index (χ4v) is 2.28. The van der Waals surface area contributed by atoms with Gasteiger partial charge in [-0.25, -0.2) is 5.43 Å². The number of rotatable bonds is 5. The maximum atomic E-state index is 11.7. The number of carbonyl (C=O) groups excluding carboxylic acids is 1. The Kier molecular flexibility index (Phi) is 6.02. The normalized spacial score (nSPS) is 10.8. The van der Waals surface area contributed by atoms with E-state index >= 15 is 0 Å². The van der Waals surface area contributed by atoms with Gasteiger partial charge in [0.15, 0.2) is 6.61 Å². The fraction of sp³-hybridized carbons (Fsp3) is 0.176. The lowest BCUT2D eigenvalue weighted by Crippen LogP contribution is -2.24. The molecule has 120 valence electrons. The standard InChI is InChI=1S/C17H16Cl2N2O2/c1-11-5-12(2)7-14(6-11)23-10-17(22)21-20-9-13-3-4-15(18)16(19)8-13/h3-9H,10H2,1-2H3,(H,21,22)/b20-9+. The topological polar surface area (TPSA) is 50.7 Å². The smallest absolute Gasteiger partial charge is 0.277 e. The Labute approximate surface area is 145 Å². The Morgan fingerprint density at radius 3 is 2.48 bits per heavy atom. The zero-order chi connectivity index (χ0) is 16.8. The first-order valence-corrected chi connectivity index (χ1v) is 7.67. The predicted octanol–water partition coefficient (Wildman–Crippen LogP) is 4.14. The maximum absolute atomic E-state index is 11.7. The summed E-state index contributed by atoms with van der Waals surface area (Å²) in [6.45, 7) is 3.84. The Morgan fingerprint density at radius 2 is 1.83 bits per heavy atom. The van der Waals surface area contributed by atoms with Gasteiger partial charge in [-0.1, -0.05) is 35.3 Å². The van der Waals surface area contributed by atoms with Crippen molar-refractivity contribution in [2.24, 2.45) is 5.10 Å². The van der Waals surface area contributed by atoms with E-state index in [1.54, 1.807) is 18.2 Å². The molecule has 2 rings (SSSR count). The quantitative estimate of drug-likeness (QED) is 0.650. The van der Waals surface area contributed by atoms with E-state index < -0.39 is 0 Å². The van der Waals surface area contributed by atoms with Gasteiger partial charge in [0.1, 0.15) is 5.75 Å². The second kappa shape index (κ2) is 7.99. The van der Waals surface area contributed by atoms with Crippen molar-refractivity contribution < 1.29 is 9.53 Å². The molecular weight excluding hydrogens is 335 g/mol. The van der Waals surface area contributed by atoms with E-state index in [4.69, 9.17) is 27.9 Å². The van der Waals surface area contributed by atoms with Gasteiger partial charge in [-0.15, -0.1) is 0 Å². The number of nitrogens with zero attached hydrogens (tertiary/aromatic N) is 1. The number of halogens is 2. The van der Waals surface area contributed by atoms with Gasteiger partial charge in [0.25, 0.3) is 5.91 Å². The first kappa shape index (κ1) is 17.3. The number of hydrogen-bond acceptors (Lipinski definition) is 3. The second-order valence-electron chi connectivity index (χ2n) is 5.08. The molecule has 0 aliphatic rings. The molecule has 0 spiro atoms. The molecule has 0 atom stereocenters. The van der Waals surface area contributed by atoms with E-state index in [1.807, 2.05) is 32.0 Å². The molecule has 0 saturated carbocycles.